The molecule has 0 aromatic rings. The first-order valence-electron chi connectivity index (χ1n) is 17.2. The SMILES string of the molecule is CC(C)(CC(C)(CC(C)(C)C(=O)OC(F)(F)F)C(=O)OC1CC2CCC1C2)C(=O)OC1CCC2CC3CCCCC3CC2C1. The van der Waals surface area contributed by atoms with Gasteiger partial charge >= 0.3 is 24.3 Å². The van der Waals surface area contributed by atoms with E-state index in [9.17, 15) is 27.6 Å². The molecule has 5 rings (SSSR count). The van der Waals surface area contributed by atoms with Crippen molar-refractivity contribution in [2.75, 3.05) is 0 Å². The Labute approximate surface area is 260 Å². The lowest BCUT2D eigenvalue weighted by atomic mass is 9.59. The summed E-state index contributed by atoms with van der Waals surface area (Å²) in [5, 5.41) is 0. The van der Waals surface area contributed by atoms with Crippen LogP contribution in [-0.2, 0) is 28.6 Å². The molecule has 0 heterocycles. The van der Waals surface area contributed by atoms with Crippen molar-refractivity contribution in [1.29, 1.82) is 0 Å². The molecule has 6 nitrogen and oxygen atoms in total. The second-order valence-electron chi connectivity index (χ2n) is 16.8. The van der Waals surface area contributed by atoms with Gasteiger partial charge < -0.3 is 14.2 Å². The summed E-state index contributed by atoms with van der Waals surface area (Å²) in [6.07, 6.45) is 8.71. The van der Waals surface area contributed by atoms with Gasteiger partial charge in [0.25, 0.3) is 0 Å². The van der Waals surface area contributed by atoms with Crippen LogP contribution in [0.5, 0.6) is 0 Å². The van der Waals surface area contributed by atoms with Gasteiger partial charge in [0.15, 0.2) is 0 Å². The van der Waals surface area contributed by atoms with Crippen LogP contribution in [0, 0.1) is 51.8 Å². The normalized spacial score (nSPS) is 35.2. The quantitative estimate of drug-likeness (QED) is 0.189. The van der Waals surface area contributed by atoms with E-state index in [-0.39, 0.29) is 31.0 Å². The first kappa shape index (κ1) is 33.6. The Bertz CT molecular complexity index is 1080. The molecule has 0 radical (unpaired) electrons. The van der Waals surface area contributed by atoms with Crippen LogP contribution in [0.4, 0.5) is 13.2 Å². The lowest BCUT2D eigenvalue weighted by Crippen LogP contribution is -2.46. The molecule has 9 atom stereocenters. The second kappa shape index (κ2) is 12.4. The summed E-state index contributed by atoms with van der Waals surface area (Å²) in [7, 11) is 0. The third kappa shape index (κ3) is 7.59. The van der Waals surface area contributed by atoms with Crippen molar-refractivity contribution in [3.8, 4) is 0 Å². The van der Waals surface area contributed by atoms with Crippen molar-refractivity contribution >= 4 is 17.9 Å². The minimum absolute atomic E-state index is 0.0241. The summed E-state index contributed by atoms with van der Waals surface area (Å²) in [5.74, 6) is 1.29. The molecular weight excluding hydrogens is 573 g/mol. The molecule has 0 saturated heterocycles. The van der Waals surface area contributed by atoms with E-state index in [1.807, 2.05) is 0 Å². The van der Waals surface area contributed by atoms with Crippen molar-refractivity contribution in [2.45, 2.75) is 150 Å². The first-order valence-corrected chi connectivity index (χ1v) is 17.2. The molecule has 44 heavy (non-hydrogen) atoms. The van der Waals surface area contributed by atoms with E-state index < -0.39 is 40.5 Å². The molecule has 5 aliphatic rings. The van der Waals surface area contributed by atoms with Gasteiger partial charge in [0.05, 0.1) is 16.2 Å². The maximum Gasteiger partial charge on any atom is 0.575 e. The average Bonchev–Trinajstić information content (AvgIpc) is 3.54. The molecule has 0 aromatic carbocycles. The Morgan fingerprint density at radius 1 is 0.591 bits per heavy atom. The van der Waals surface area contributed by atoms with E-state index in [0.29, 0.717) is 17.8 Å². The van der Waals surface area contributed by atoms with Gasteiger partial charge in [-0.1, -0.05) is 25.7 Å². The van der Waals surface area contributed by atoms with Crippen LogP contribution in [0.2, 0.25) is 0 Å². The molecule has 5 fully saturated rings. The smallest absolute Gasteiger partial charge is 0.462 e. The maximum atomic E-state index is 13.9. The van der Waals surface area contributed by atoms with Gasteiger partial charge in [-0.3, -0.25) is 14.4 Å². The molecule has 0 spiro atoms. The van der Waals surface area contributed by atoms with Gasteiger partial charge in [0.1, 0.15) is 12.2 Å². The molecule has 9 unspecified atom stereocenters. The molecular formula is C35H53F3O6. The number of hydrogen-bond acceptors (Lipinski definition) is 6. The van der Waals surface area contributed by atoms with Crippen LogP contribution in [-0.4, -0.2) is 36.5 Å². The standard InChI is InChI=1S/C35H53F3O6/c1-32(2,29(39)42-27-13-12-24-16-22-8-6-7-9-23(22)17-26(24)18-27)19-34(5,20-33(3,4)30(40)44-35(36,37)38)31(41)43-28-15-21-10-11-25(28)14-21/h21-28H,6-20H2,1-5H3. The lowest BCUT2D eigenvalue weighted by molar-refractivity contribution is -0.310. The number of rotatable bonds is 9. The number of fused-ring (bicyclic) bond motifs is 4. The van der Waals surface area contributed by atoms with E-state index >= 15 is 0 Å². The minimum atomic E-state index is -5.13. The molecule has 9 heteroatoms. The van der Waals surface area contributed by atoms with Crippen molar-refractivity contribution < 1.29 is 41.8 Å². The molecule has 5 aliphatic carbocycles. The van der Waals surface area contributed by atoms with Gasteiger partial charge in [-0.15, -0.1) is 13.2 Å². The summed E-state index contributed by atoms with van der Waals surface area (Å²) in [4.78, 5) is 40.2. The van der Waals surface area contributed by atoms with Gasteiger partial charge in [-0.2, -0.15) is 0 Å². The Morgan fingerprint density at radius 2 is 1.16 bits per heavy atom. The number of hydrogen-bond donors (Lipinski definition) is 0. The number of ether oxygens (including phenoxy) is 3. The van der Waals surface area contributed by atoms with Gasteiger partial charge in [0, 0.05) is 0 Å². The summed E-state index contributed by atoms with van der Waals surface area (Å²) < 4.78 is 54.9. The fourth-order valence-electron chi connectivity index (χ4n) is 10.1. The zero-order chi connectivity index (χ0) is 32.1. The Balaban J connectivity index is 1.26. The number of alkyl halides is 3. The molecule has 0 N–H and O–H groups in total. The molecule has 0 aliphatic heterocycles. The van der Waals surface area contributed by atoms with Crippen LogP contribution < -0.4 is 0 Å². The second-order valence-corrected chi connectivity index (χ2v) is 16.8. The molecule has 0 aromatic heterocycles. The highest BCUT2D eigenvalue weighted by Gasteiger charge is 2.53. The maximum absolute atomic E-state index is 13.9. The summed E-state index contributed by atoms with van der Waals surface area (Å²) in [6, 6.07) is 0. The zero-order valence-corrected chi connectivity index (χ0v) is 27.3. The monoisotopic (exact) mass is 626 g/mol. The van der Waals surface area contributed by atoms with Crippen LogP contribution in [0.3, 0.4) is 0 Å². The van der Waals surface area contributed by atoms with E-state index in [2.05, 4.69) is 4.74 Å². The Kier molecular flexibility index (Phi) is 9.48. The molecule has 2 bridgehead atoms. The predicted octanol–water partition coefficient (Wildman–Crippen LogP) is 8.55. The highest BCUT2D eigenvalue weighted by molar-refractivity contribution is 5.82. The molecule has 5 saturated carbocycles. The number of carbonyl (C=O) groups excluding carboxylic acids is 3. The van der Waals surface area contributed by atoms with E-state index in [4.69, 9.17) is 9.47 Å². The number of carbonyl (C=O) groups is 3. The number of esters is 3. The van der Waals surface area contributed by atoms with E-state index in [1.54, 1.807) is 20.8 Å². The average molecular weight is 627 g/mol. The van der Waals surface area contributed by atoms with Gasteiger partial charge in [-0.05, 0) is 141 Å². The van der Waals surface area contributed by atoms with Crippen LogP contribution in [0.15, 0.2) is 0 Å². The first-order chi connectivity index (χ1) is 20.4. The zero-order valence-electron chi connectivity index (χ0n) is 27.3. The summed E-state index contributed by atoms with van der Waals surface area (Å²) >= 11 is 0. The van der Waals surface area contributed by atoms with Crippen molar-refractivity contribution in [1.82, 2.24) is 0 Å². The van der Waals surface area contributed by atoms with Crippen molar-refractivity contribution in [2.24, 2.45) is 51.8 Å². The summed E-state index contributed by atoms with van der Waals surface area (Å²) in [6.45, 7) is 7.73. The van der Waals surface area contributed by atoms with Gasteiger partial charge in [0.2, 0.25) is 0 Å². The predicted molar refractivity (Wildman–Crippen MR) is 158 cm³/mol. The molecule has 250 valence electrons. The van der Waals surface area contributed by atoms with Crippen molar-refractivity contribution in [3.05, 3.63) is 0 Å². The Hall–Kier alpha value is -1.80. The highest BCUT2D eigenvalue weighted by atomic mass is 19.4. The summed E-state index contributed by atoms with van der Waals surface area (Å²) in [5.41, 5.74) is -4.21. The van der Waals surface area contributed by atoms with Crippen molar-refractivity contribution in [3.63, 3.8) is 0 Å². The fourth-order valence-corrected chi connectivity index (χ4v) is 10.1. The van der Waals surface area contributed by atoms with Crippen LogP contribution in [0.1, 0.15) is 131 Å². The van der Waals surface area contributed by atoms with Crippen LogP contribution >= 0.6 is 0 Å². The van der Waals surface area contributed by atoms with E-state index in [0.717, 1.165) is 56.8 Å². The van der Waals surface area contributed by atoms with Gasteiger partial charge in [-0.25, -0.2) is 0 Å². The highest BCUT2D eigenvalue weighted by Crippen LogP contribution is 2.52. The fraction of sp³-hybridized carbons (Fsp3) is 0.914. The lowest BCUT2D eigenvalue weighted by Gasteiger charge is -2.47. The largest absolute Gasteiger partial charge is 0.575 e. The minimum Gasteiger partial charge on any atom is -0.462 e. The Morgan fingerprint density at radius 3 is 1.73 bits per heavy atom. The third-order valence-electron chi connectivity index (χ3n) is 12.0. The third-order valence-corrected chi connectivity index (χ3v) is 12.0. The van der Waals surface area contributed by atoms with E-state index in [1.165, 1.54) is 52.4 Å². The topological polar surface area (TPSA) is 78.9 Å². The van der Waals surface area contributed by atoms with Crippen LogP contribution in [0.25, 0.3) is 0 Å². The number of halogens is 3. The molecule has 0 amide bonds.